The van der Waals surface area contributed by atoms with Gasteiger partial charge in [-0.05, 0) is 23.1 Å². The fraction of sp³-hybridized carbons (Fsp3) is 0.455. The maximum Gasteiger partial charge on any atom is 0.418 e. The van der Waals surface area contributed by atoms with E-state index in [0.717, 1.165) is 11.6 Å². The third kappa shape index (κ3) is 2.64. The molecule has 0 atom stereocenters. The standard InChI is InChI=1S/C11H14F3N/c1-10(2,3)7-4-5-8(9(15)6-7)11(12,13)14/h4-6H,15H2,1-3H3. The highest BCUT2D eigenvalue weighted by molar-refractivity contribution is 5.51. The molecule has 0 aliphatic rings. The van der Waals surface area contributed by atoms with Crippen LogP contribution in [-0.2, 0) is 11.6 Å². The number of rotatable bonds is 0. The smallest absolute Gasteiger partial charge is 0.398 e. The van der Waals surface area contributed by atoms with E-state index in [0.29, 0.717) is 0 Å². The molecule has 2 N–H and O–H groups in total. The fourth-order valence-corrected chi connectivity index (χ4v) is 1.29. The largest absolute Gasteiger partial charge is 0.418 e. The SMILES string of the molecule is CC(C)(C)c1ccc(C(F)(F)F)c(N)c1. The molecule has 0 fully saturated rings. The average Bonchev–Trinajstić information content (AvgIpc) is 1.99. The van der Waals surface area contributed by atoms with Crippen LogP contribution >= 0.6 is 0 Å². The summed E-state index contributed by atoms with van der Waals surface area (Å²) in [6.45, 7) is 5.78. The molecule has 0 aliphatic carbocycles. The van der Waals surface area contributed by atoms with Gasteiger partial charge in [0.1, 0.15) is 0 Å². The zero-order valence-corrected chi connectivity index (χ0v) is 8.94. The zero-order valence-electron chi connectivity index (χ0n) is 8.94. The molecule has 0 amide bonds. The van der Waals surface area contributed by atoms with Crippen LogP contribution in [0.15, 0.2) is 18.2 Å². The van der Waals surface area contributed by atoms with Crippen LogP contribution in [0.4, 0.5) is 18.9 Å². The van der Waals surface area contributed by atoms with Crippen molar-refractivity contribution in [3.8, 4) is 0 Å². The van der Waals surface area contributed by atoms with E-state index in [1.165, 1.54) is 12.1 Å². The van der Waals surface area contributed by atoms with Crippen LogP contribution in [0, 0.1) is 0 Å². The molecule has 0 bridgehead atoms. The lowest BCUT2D eigenvalue weighted by atomic mass is 9.86. The van der Waals surface area contributed by atoms with E-state index >= 15 is 0 Å². The highest BCUT2D eigenvalue weighted by Crippen LogP contribution is 2.35. The van der Waals surface area contributed by atoms with Crippen LogP contribution in [0.2, 0.25) is 0 Å². The number of hydrogen-bond acceptors (Lipinski definition) is 1. The van der Waals surface area contributed by atoms with E-state index < -0.39 is 11.7 Å². The Morgan fingerprint density at radius 3 is 1.93 bits per heavy atom. The first-order valence-electron chi connectivity index (χ1n) is 4.59. The normalized spacial score (nSPS) is 12.9. The van der Waals surface area contributed by atoms with Gasteiger partial charge in [-0.15, -0.1) is 0 Å². The van der Waals surface area contributed by atoms with Crippen LogP contribution in [0.5, 0.6) is 0 Å². The van der Waals surface area contributed by atoms with Crippen LogP contribution < -0.4 is 5.73 Å². The lowest BCUT2D eigenvalue weighted by Gasteiger charge is -2.20. The first-order valence-corrected chi connectivity index (χ1v) is 4.59. The molecule has 1 aromatic rings. The topological polar surface area (TPSA) is 26.0 Å². The summed E-state index contributed by atoms with van der Waals surface area (Å²) in [4.78, 5) is 0. The molecule has 4 heteroatoms. The Labute approximate surface area is 87.1 Å². The van der Waals surface area contributed by atoms with Crippen LogP contribution in [0.3, 0.4) is 0 Å². The van der Waals surface area contributed by atoms with Gasteiger partial charge >= 0.3 is 6.18 Å². The van der Waals surface area contributed by atoms with Crippen molar-refractivity contribution >= 4 is 5.69 Å². The van der Waals surface area contributed by atoms with Gasteiger partial charge in [-0.25, -0.2) is 0 Å². The Balaban J connectivity index is 3.21. The summed E-state index contributed by atoms with van der Waals surface area (Å²) >= 11 is 0. The monoisotopic (exact) mass is 217 g/mol. The molecule has 0 unspecified atom stereocenters. The molecule has 0 aromatic heterocycles. The molecule has 1 nitrogen and oxygen atoms in total. The average molecular weight is 217 g/mol. The van der Waals surface area contributed by atoms with Crippen molar-refractivity contribution in [1.82, 2.24) is 0 Å². The van der Waals surface area contributed by atoms with E-state index in [4.69, 9.17) is 5.73 Å². The number of halogens is 3. The van der Waals surface area contributed by atoms with Gasteiger partial charge < -0.3 is 5.73 Å². The van der Waals surface area contributed by atoms with E-state index in [2.05, 4.69) is 0 Å². The highest BCUT2D eigenvalue weighted by atomic mass is 19.4. The Morgan fingerprint density at radius 1 is 1.07 bits per heavy atom. The summed E-state index contributed by atoms with van der Waals surface area (Å²) in [5.74, 6) is 0. The summed E-state index contributed by atoms with van der Waals surface area (Å²) in [7, 11) is 0. The van der Waals surface area contributed by atoms with E-state index in [-0.39, 0.29) is 11.1 Å². The van der Waals surface area contributed by atoms with Crippen LogP contribution in [-0.4, -0.2) is 0 Å². The molecule has 0 spiro atoms. The summed E-state index contributed by atoms with van der Waals surface area (Å²) in [5, 5.41) is 0. The van der Waals surface area contributed by atoms with Gasteiger partial charge in [0.15, 0.2) is 0 Å². The molecule has 0 aliphatic heterocycles. The molecule has 84 valence electrons. The van der Waals surface area contributed by atoms with E-state index in [1.807, 2.05) is 20.8 Å². The van der Waals surface area contributed by atoms with Gasteiger partial charge in [0.25, 0.3) is 0 Å². The molecular weight excluding hydrogens is 203 g/mol. The zero-order chi connectivity index (χ0) is 11.9. The van der Waals surface area contributed by atoms with Crippen molar-refractivity contribution in [2.45, 2.75) is 32.4 Å². The quantitative estimate of drug-likeness (QED) is 0.660. The van der Waals surface area contributed by atoms with Crippen molar-refractivity contribution in [2.24, 2.45) is 0 Å². The molecule has 0 heterocycles. The molecule has 1 rings (SSSR count). The summed E-state index contributed by atoms with van der Waals surface area (Å²) < 4.78 is 37.2. The predicted octanol–water partition coefficient (Wildman–Crippen LogP) is 3.59. The minimum Gasteiger partial charge on any atom is -0.398 e. The maximum absolute atomic E-state index is 12.4. The highest BCUT2D eigenvalue weighted by Gasteiger charge is 2.33. The van der Waals surface area contributed by atoms with Gasteiger partial charge in [0, 0.05) is 5.69 Å². The summed E-state index contributed by atoms with van der Waals surface area (Å²) in [6.07, 6.45) is -4.37. The summed E-state index contributed by atoms with van der Waals surface area (Å²) in [6, 6.07) is 3.90. The molecule has 15 heavy (non-hydrogen) atoms. The number of nitrogen functional groups attached to an aromatic ring is 1. The van der Waals surface area contributed by atoms with Crippen molar-refractivity contribution in [3.63, 3.8) is 0 Å². The van der Waals surface area contributed by atoms with Gasteiger partial charge in [0.05, 0.1) is 5.56 Å². The van der Waals surface area contributed by atoms with Crippen LogP contribution in [0.1, 0.15) is 31.9 Å². The number of anilines is 1. The van der Waals surface area contributed by atoms with Crippen molar-refractivity contribution < 1.29 is 13.2 Å². The van der Waals surface area contributed by atoms with Gasteiger partial charge in [-0.2, -0.15) is 13.2 Å². The maximum atomic E-state index is 12.4. The van der Waals surface area contributed by atoms with Gasteiger partial charge in [-0.1, -0.05) is 26.8 Å². The van der Waals surface area contributed by atoms with Crippen LogP contribution in [0.25, 0.3) is 0 Å². The van der Waals surface area contributed by atoms with Crippen molar-refractivity contribution in [2.75, 3.05) is 5.73 Å². The predicted molar refractivity (Wildman–Crippen MR) is 54.6 cm³/mol. The van der Waals surface area contributed by atoms with Crippen molar-refractivity contribution in [3.05, 3.63) is 29.3 Å². The van der Waals surface area contributed by atoms with Gasteiger partial charge in [0.2, 0.25) is 0 Å². The lowest BCUT2D eigenvalue weighted by Crippen LogP contribution is -2.14. The molecule has 0 radical (unpaired) electrons. The lowest BCUT2D eigenvalue weighted by molar-refractivity contribution is -0.136. The molecule has 0 saturated carbocycles. The number of alkyl halides is 3. The minimum absolute atomic E-state index is 0.196. The third-order valence-corrected chi connectivity index (χ3v) is 2.22. The minimum atomic E-state index is -4.37. The first-order chi connectivity index (χ1) is 6.62. The summed E-state index contributed by atoms with van der Waals surface area (Å²) in [5.41, 5.74) is 5.01. The molecule has 0 saturated heterocycles. The number of hydrogen-bond donors (Lipinski definition) is 1. The fourth-order valence-electron chi connectivity index (χ4n) is 1.29. The first kappa shape index (κ1) is 11.9. The third-order valence-electron chi connectivity index (χ3n) is 2.22. The Bertz CT molecular complexity index is 361. The molecular formula is C11H14F3N. The second-order valence-electron chi connectivity index (χ2n) is 4.55. The van der Waals surface area contributed by atoms with E-state index in [9.17, 15) is 13.2 Å². The van der Waals surface area contributed by atoms with E-state index in [1.54, 1.807) is 0 Å². The van der Waals surface area contributed by atoms with Gasteiger partial charge in [-0.3, -0.25) is 0 Å². The van der Waals surface area contributed by atoms with Crippen molar-refractivity contribution in [1.29, 1.82) is 0 Å². The number of nitrogens with two attached hydrogens (primary N) is 1. The second-order valence-corrected chi connectivity index (χ2v) is 4.55. The number of benzene rings is 1. The second kappa shape index (κ2) is 3.43. The Kier molecular flexibility index (Phi) is 2.72. The Morgan fingerprint density at radius 2 is 1.60 bits per heavy atom. The Hall–Kier alpha value is -1.19. The molecule has 1 aromatic carbocycles.